The minimum absolute atomic E-state index is 0.195. The van der Waals surface area contributed by atoms with Crippen molar-refractivity contribution in [3.05, 3.63) is 24.3 Å². The van der Waals surface area contributed by atoms with E-state index < -0.39 is 6.03 Å². The summed E-state index contributed by atoms with van der Waals surface area (Å²) in [4.78, 5) is 13.2. The monoisotopic (exact) mass is 404 g/mol. The molecule has 4 nitrogen and oxygen atoms in total. The Labute approximate surface area is 178 Å². The second kappa shape index (κ2) is 17.2. The van der Waals surface area contributed by atoms with Gasteiger partial charge in [0.05, 0.1) is 0 Å². The maximum Gasteiger partial charge on any atom is 0.319 e. The van der Waals surface area contributed by atoms with Gasteiger partial charge in [0, 0.05) is 12.2 Å². The van der Waals surface area contributed by atoms with E-state index in [9.17, 15) is 9.90 Å². The number of hydrogen-bond acceptors (Lipinski definition) is 2. The van der Waals surface area contributed by atoms with Crippen LogP contribution in [0.1, 0.15) is 110 Å². The molecule has 1 aromatic rings. The van der Waals surface area contributed by atoms with Crippen LogP contribution in [-0.4, -0.2) is 17.7 Å². The Bertz CT molecular complexity index is 516. The normalized spacial score (nSPS) is 10.9. The maximum atomic E-state index is 11.7. The molecule has 3 N–H and O–H groups in total. The Morgan fingerprint density at radius 2 is 1.10 bits per heavy atom. The number of aromatic hydroxyl groups is 1. The summed E-state index contributed by atoms with van der Waals surface area (Å²) in [6.45, 7) is 2.91. The number of benzene rings is 1. The first kappa shape index (κ1) is 25.3. The fourth-order valence-corrected chi connectivity index (χ4v) is 3.82. The number of urea groups is 1. The first-order valence-corrected chi connectivity index (χ1v) is 12.0. The van der Waals surface area contributed by atoms with Crippen molar-refractivity contribution < 1.29 is 9.90 Å². The summed E-state index contributed by atoms with van der Waals surface area (Å²) in [7, 11) is 0. The summed E-state index contributed by atoms with van der Waals surface area (Å²) >= 11 is 0. The average Bonchev–Trinajstić information content (AvgIpc) is 2.71. The minimum Gasteiger partial charge on any atom is -0.508 e. The number of nitrogens with two attached hydrogens (primary N) is 1. The van der Waals surface area contributed by atoms with E-state index in [1.807, 2.05) is 0 Å². The first-order chi connectivity index (χ1) is 14.1. The van der Waals surface area contributed by atoms with Crippen LogP contribution in [0, 0.1) is 0 Å². The van der Waals surface area contributed by atoms with Crippen LogP contribution in [0.5, 0.6) is 5.75 Å². The fourth-order valence-electron chi connectivity index (χ4n) is 3.82. The zero-order valence-electron chi connectivity index (χ0n) is 18.7. The van der Waals surface area contributed by atoms with Crippen molar-refractivity contribution >= 4 is 11.7 Å². The molecule has 2 amide bonds. The highest BCUT2D eigenvalue weighted by molar-refractivity contribution is 5.90. The molecule has 0 fully saturated rings. The third-order valence-electron chi connectivity index (χ3n) is 5.66. The summed E-state index contributed by atoms with van der Waals surface area (Å²) in [5.74, 6) is 0.195. The molecule has 0 saturated carbocycles. The van der Waals surface area contributed by atoms with Gasteiger partial charge < -0.3 is 10.8 Å². The summed E-state index contributed by atoms with van der Waals surface area (Å²) in [5.41, 5.74) is 6.24. The van der Waals surface area contributed by atoms with Gasteiger partial charge in [0.25, 0.3) is 0 Å². The molecule has 1 rings (SSSR count). The molecule has 0 aromatic heterocycles. The van der Waals surface area contributed by atoms with Gasteiger partial charge in [-0.25, -0.2) is 4.79 Å². The van der Waals surface area contributed by atoms with Crippen molar-refractivity contribution in [3.8, 4) is 5.75 Å². The summed E-state index contributed by atoms with van der Waals surface area (Å²) < 4.78 is 0. The molecule has 0 atom stereocenters. The second-order valence-electron chi connectivity index (χ2n) is 8.31. The third-order valence-corrected chi connectivity index (χ3v) is 5.66. The number of primary amides is 1. The molecule has 0 radical (unpaired) electrons. The zero-order valence-corrected chi connectivity index (χ0v) is 18.7. The lowest BCUT2D eigenvalue weighted by atomic mass is 10.0. The lowest BCUT2D eigenvalue weighted by Crippen LogP contribution is -2.36. The molecule has 29 heavy (non-hydrogen) atoms. The maximum absolute atomic E-state index is 11.7. The van der Waals surface area contributed by atoms with Crippen molar-refractivity contribution in [3.63, 3.8) is 0 Å². The standard InChI is InChI=1S/C25H44N2O2/c1-2-3-4-5-6-7-8-9-10-11-12-13-14-15-16-17-22-27(25(26)29)23-18-20-24(28)21-19-23/h18-21,28H,2-17,22H2,1H3,(H2,26,29). The van der Waals surface area contributed by atoms with Crippen molar-refractivity contribution in [2.75, 3.05) is 11.4 Å². The van der Waals surface area contributed by atoms with E-state index in [1.54, 1.807) is 29.2 Å². The predicted octanol–water partition coefficient (Wildman–Crippen LogP) is 7.54. The molecule has 1 aromatic carbocycles. The van der Waals surface area contributed by atoms with Crippen molar-refractivity contribution in [2.45, 2.75) is 110 Å². The van der Waals surface area contributed by atoms with Gasteiger partial charge in [-0.05, 0) is 30.7 Å². The smallest absolute Gasteiger partial charge is 0.319 e. The van der Waals surface area contributed by atoms with Crippen molar-refractivity contribution in [2.24, 2.45) is 5.73 Å². The highest BCUT2D eigenvalue weighted by Gasteiger charge is 2.11. The van der Waals surface area contributed by atoms with Gasteiger partial charge >= 0.3 is 6.03 Å². The molecule has 4 heteroatoms. The SMILES string of the molecule is CCCCCCCCCCCCCCCCCCN(C(N)=O)c1ccc(O)cc1. The molecule has 0 aliphatic rings. The Balaban J connectivity index is 1.92. The van der Waals surface area contributed by atoms with Crippen LogP contribution in [0.4, 0.5) is 10.5 Å². The van der Waals surface area contributed by atoms with Gasteiger partial charge in [-0.2, -0.15) is 0 Å². The van der Waals surface area contributed by atoms with Crippen LogP contribution in [0.25, 0.3) is 0 Å². The number of phenolic OH excluding ortho intramolecular Hbond substituents is 1. The molecular weight excluding hydrogens is 360 g/mol. The number of anilines is 1. The van der Waals surface area contributed by atoms with Crippen molar-refractivity contribution in [1.29, 1.82) is 0 Å². The number of hydrogen-bond donors (Lipinski definition) is 2. The molecule has 166 valence electrons. The van der Waals surface area contributed by atoms with E-state index in [4.69, 9.17) is 5.73 Å². The topological polar surface area (TPSA) is 66.6 Å². The molecule has 0 bridgehead atoms. The third kappa shape index (κ3) is 13.2. The van der Waals surface area contributed by atoms with Gasteiger partial charge in [-0.1, -0.05) is 103 Å². The van der Waals surface area contributed by atoms with Crippen LogP contribution in [-0.2, 0) is 0 Å². The summed E-state index contributed by atoms with van der Waals surface area (Å²) in [6, 6.07) is 6.19. The summed E-state index contributed by atoms with van der Waals surface area (Å²) in [5, 5.41) is 9.37. The molecule has 0 aliphatic heterocycles. The molecule has 0 aliphatic carbocycles. The van der Waals surface area contributed by atoms with E-state index >= 15 is 0 Å². The number of carbonyl (C=O) groups is 1. The Hall–Kier alpha value is -1.71. The largest absolute Gasteiger partial charge is 0.508 e. The molecular formula is C25H44N2O2. The lowest BCUT2D eigenvalue weighted by Gasteiger charge is -2.20. The minimum atomic E-state index is -0.434. The highest BCUT2D eigenvalue weighted by atomic mass is 16.3. The Morgan fingerprint density at radius 3 is 1.48 bits per heavy atom. The van der Waals surface area contributed by atoms with Gasteiger partial charge in [0.15, 0.2) is 0 Å². The number of nitrogens with zero attached hydrogens (tertiary/aromatic N) is 1. The number of carbonyl (C=O) groups excluding carboxylic acids is 1. The number of amides is 2. The predicted molar refractivity (Wildman–Crippen MR) is 125 cm³/mol. The molecule has 0 heterocycles. The van der Waals surface area contributed by atoms with E-state index in [1.165, 1.54) is 89.9 Å². The van der Waals surface area contributed by atoms with E-state index in [0.29, 0.717) is 6.54 Å². The van der Waals surface area contributed by atoms with Crippen LogP contribution in [0.2, 0.25) is 0 Å². The number of unbranched alkanes of at least 4 members (excludes halogenated alkanes) is 15. The van der Waals surface area contributed by atoms with Crippen molar-refractivity contribution in [1.82, 2.24) is 0 Å². The number of phenols is 1. The van der Waals surface area contributed by atoms with E-state index in [2.05, 4.69) is 6.92 Å². The van der Waals surface area contributed by atoms with Crippen LogP contribution in [0.15, 0.2) is 24.3 Å². The van der Waals surface area contributed by atoms with Gasteiger partial charge in [-0.15, -0.1) is 0 Å². The summed E-state index contributed by atoms with van der Waals surface area (Å²) in [6.07, 6.45) is 21.3. The van der Waals surface area contributed by atoms with Gasteiger partial charge in [-0.3, -0.25) is 4.90 Å². The van der Waals surface area contributed by atoms with E-state index in [0.717, 1.165) is 18.5 Å². The Morgan fingerprint density at radius 1 is 0.724 bits per heavy atom. The van der Waals surface area contributed by atoms with Gasteiger partial charge in [0.2, 0.25) is 0 Å². The molecule has 0 unspecified atom stereocenters. The van der Waals surface area contributed by atoms with E-state index in [-0.39, 0.29) is 5.75 Å². The fraction of sp³-hybridized carbons (Fsp3) is 0.720. The number of rotatable bonds is 18. The van der Waals surface area contributed by atoms with Crippen LogP contribution >= 0.6 is 0 Å². The highest BCUT2D eigenvalue weighted by Crippen LogP contribution is 2.19. The first-order valence-electron chi connectivity index (χ1n) is 12.0. The quantitative estimate of drug-likeness (QED) is 0.248. The molecule has 0 saturated heterocycles. The average molecular weight is 405 g/mol. The van der Waals surface area contributed by atoms with Crippen LogP contribution in [0.3, 0.4) is 0 Å². The van der Waals surface area contributed by atoms with Gasteiger partial charge in [0.1, 0.15) is 5.75 Å². The van der Waals surface area contributed by atoms with Crippen LogP contribution < -0.4 is 10.6 Å². The second-order valence-corrected chi connectivity index (χ2v) is 8.31. The zero-order chi connectivity index (χ0) is 21.2. The molecule has 0 spiro atoms. The Kier molecular flexibility index (Phi) is 15.0. The lowest BCUT2D eigenvalue weighted by molar-refractivity contribution is 0.253.